The van der Waals surface area contributed by atoms with Crippen molar-refractivity contribution in [3.63, 3.8) is 0 Å². The highest BCUT2D eigenvalue weighted by atomic mass is 14.9. The Morgan fingerprint density at radius 2 is 1.74 bits per heavy atom. The maximum Gasteiger partial charge on any atom is 0.0480 e. The lowest BCUT2D eigenvalue weighted by Crippen LogP contribution is -1.89. The summed E-state index contributed by atoms with van der Waals surface area (Å²) in [4.78, 5) is 0. The maximum absolute atomic E-state index is 3.18. The molecule has 0 atom stereocenters. The van der Waals surface area contributed by atoms with Crippen molar-refractivity contribution in [1.82, 2.24) is 4.57 Å². The smallest absolute Gasteiger partial charge is 0.0480 e. The molecule has 0 radical (unpaired) electrons. The molecule has 0 saturated heterocycles. The third-order valence-corrected chi connectivity index (χ3v) is 3.77. The van der Waals surface area contributed by atoms with Crippen molar-refractivity contribution in [3.05, 3.63) is 54.2 Å². The Morgan fingerprint density at radius 1 is 0.947 bits per heavy atom. The van der Waals surface area contributed by atoms with Gasteiger partial charge in [-0.1, -0.05) is 18.2 Å². The lowest BCUT2D eigenvalue weighted by Gasteiger charge is -2.06. The van der Waals surface area contributed by atoms with E-state index in [4.69, 9.17) is 0 Å². The first kappa shape index (κ1) is 11.8. The Kier molecular flexibility index (Phi) is 2.79. The van der Waals surface area contributed by atoms with E-state index in [0.717, 1.165) is 5.69 Å². The zero-order chi connectivity index (χ0) is 13.4. The number of anilines is 1. The highest BCUT2D eigenvalue weighted by molar-refractivity contribution is 5.86. The van der Waals surface area contributed by atoms with Crippen LogP contribution >= 0.6 is 0 Å². The molecule has 0 amide bonds. The largest absolute Gasteiger partial charge is 0.388 e. The van der Waals surface area contributed by atoms with Crippen LogP contribution in [0.25, 0.3) is 22.0 Å². The van der Waals surface area contributed by atoms with Crippen LogP contribution in [0, 0.1) is 6.92 Å². The second kappa shape index (κ2) is 4.47. The van der Waals surface area contributed by atoms with Crippen LogP contribution in [0.4, 0.5) is 5.69 Å². The molecule has 0 bridgehead atoms. The van der Waals surface area contributed by atoms with E-state index in [0.29, 0.717) is 0 Å². The van der Waals surface area contributed by atoms with E-state index in [-0.39, 0.29) is 0 Å². The molecule has 0 aliphatic carbocycles. The van der Waals surface area contributed by atoms with Gasteiger partial charge in [-0.15, -0.1) is 0 Å². The number of rotatable bonds is 2. The summed E-state index contributed by atoms with van der Waals surface area (Å²) in [6, 6.07) is 17.4. The monoisotopic (exact) mass is 250 g/mol. The molecule has 2 heteroatoms. The van der Waals surface area contributed by atoms with Gasteiger partial charge in [-0.05, 0) is 48.4 Å². The summed E-state index contributed by atoms with van der Waals surface area (Å²) in [5.74, 6) is 0. The molecular formula is C17H18N2. The van der Waals surface area contributed by atoms with Crippen LogP contribution in [0.15, 0.2) is 48.5 Å². The first-order chi connectivity index (χ1) is 9.19. The molecule has 3 aromatic rings. The number of hydrogen-bond donors (Lipinski definition) is 1. The zero-order valence-electron chi connectivity index (χ0n) is 11.6. The fourth-order valence-electron chi connectivity index (χ4n) is 2.52. The number of benzene rings is 2. The van der Waals surface area contributed by atoms with Crippen LogP contribution in [0.5, 0.6) is 0 Å². The van der Waals surface area contributed by atoms with Crippen LogP contribution in [-0.2, 0) is 7.05 Å². The number of hydrogen-bond acceptors (Lipinski definition) is 1. The number of nitrogens with zero attached hydrogens (tertiary/aromatic N) is 1. The molecule has 0 spiro atoms. The molecule has 19 heavy (non-hydrogen) atoms. The zero-order valence-corrected chi connectivity index (χ0v) is 11.6. The Morgan fingerprint density at radius 3 is 2.53 bits per heavy atom. The average Bonchev–Trinajstić information content (AvgIpc) is 2.73. The van der Waals surface area contributed by atoms with Gasteiger partial charge < -0.3 is 9.88 Å². The summed E-state index contributed by atoms with van der Waals surface area (Å²) in [7, 11) is 4.06. The van der Waals surface area contributed by atoms with Gasteiger partial charge in [0.2, 0.25) is 0 Å². The fraction of sp³-hybridized carbons (Fsp3) is 0.176. The number of fused-ring (bicyclic) bond motifs is 1. The first-order valence-electron chi connectivity index (χ1n) is 6.53. The Hall–Kier alpha value is -2.22. The number of aryl methyl sites for hydroxylation is 2. The van der Waals surface area contributed by atoms with Gasteiger partial charge in [0, 0.05) is 36.4 Å². The van der Waals surface area contributed by atoms with Crippen molar-refractivity contribution in [2.45, 2.75) is 6.92 Å². The van der Waals surface area contributed by atoms with Crippen LogP contribution in [0.1, 0.15) is 5.69 Å². The number of nitrogens with one attached hydrogen (secondary N) is 1. The summed E-state index contributed by atoms with van der Waals surface area (Å²) < 4.78 is 2.23. The van der Waals surface area contributed by atoms with Gasteiger partial charge in [0.05, 0.1) is 0 Å². The van der Waals surface area contributed by atoms with Crippen LogP contribution in [0.3, 0.4) is 0 Å². The van der Waals surface area contributed by atoms with Gasteiger partial charge in [-0.3, -0.25) is 0 Å². The van der Waals surface area contributed by atoms with E-state index < -0.39 is 0 Å². The lowest BCUT2D eigenvalue weighted by atomic mass is 10.0. The Balaban J connectivity index is 2.14. The van der Waals surface area contributed by atoms with Gasteiger partial charge in [0.25, 0.3) is 0 Å². The van der Waals surface area contributed by atoms with E-state index in [1.807, 2.05) is 7.05 Å². The summed E-state index contributed by atoms with van der Waals surface area (Å²) in [6.07, 6.45) is 0. The van der Waals surface area contributed by atoms with Crippen molar-refractivity contribution >= 4 is 16.6 Å². The Labute approximate surface area is 113 Å². The lowest BCUT2D eigenvalue weighted by molar-refractivity contribution is 0.918. The molecule has 0 aliphatic heterocycles. The molecule has 1 heterocycles. The molecule has 0 aliphatic rings. The minimum absolute atomic E-state index is 1.14. The summed E-state index contributed by atoms with van der Waals surface area (Å²) in [5, 5.41) is 4.48. The summed E-state index contributed by atoms with van der Waals surface area (Å²) in [5.41, 5.74) is 6.22. The van der Waals surface area contributed by atoms with Crippen LogP contribution < -0.4 is 5.32 Å². The van der Waals surface area contributed by atoms with Crippen molar-refractivity contribution in [3.8, 4) is 11.1 Å². The SMILES string of the molecule is CNc1cccc(-c2ccc3c(c2)cc(C)n3C)c1. The van der Waals surface area contributed by atoms with Gasteiger partial charge in [0.15, 0.2) is 0 Å². The van der Waals surface area contributed by atoms with Gasteiger partial charge >= 0.3 is 0 Å². The minimum atomic E-state index is 1.14. The van der Waals surface area contributed by atoms with Crippen molar-refractivity contribution in [1.29, 1.82) is 0 Å². The molecule has 0 saturated carbocycles. The van der Waals surface area contributed by atoms with Crippen molar-refractivity contribution in [2.75, 3.05) is 12.4 Å². The maximum atomic E-state index is 3.18. The molecular weight excluding hydrogens is 232 g/mol. The number of aromatic nitrogens is 1. The third-order valence-electron chi connectivity index (χ3n) is 3.77. The van der Waals surface area contributed by atoms with E-state index in [1.54, 1.807) is 0 Å². The normalized spacial score (nSPS) is 10.9. The molecule has 2 aromatic carbocycles. The topological polar surface area (TPSA) is 17.0 Å². The van der Waals surface area contributed by atoms with Gasteiger partial charge in [-0.25, -0.2) is 0 Å². The molecule has 96 valence electrons. The highest BCUT2D eigenvalue weighted by Gasteiger charge is 2.05. The van der Waals surface area contributed by atoms with Crippen molar-refractivity contribution < 1.29 is 0 Å². The Bertz CT molecular complexity index is 738. The highest BCUT2D eigenvalue weighted by Crippen LogP contribution is 2.27. The molecule has 2 nitrogen and oxygen atoms in total. The van der Waals surface area contributed by atoms with E-state index in [9.17, 15) is 0 Å². The predicted octanol–water partition coefficient (Wildman–Crippen LogP) is 4.20. The van der Waals surface area contributed by atoms with E-state index in [1.165, 1.54) is 27.7 Å². The quantitative estimate of drug-likeness (QED) is 0.721. The summed E-state index contributed by atoms with van der Waals surface area (Å²) in [6.45, 7) is 2.14. The average molecular weight is 250 g/mol. The van der Waals surface area contributed by atoms with E-state index in [2.05, 4.69) is 72.4 Å². The molecule has 0 unspecified atom stereocenters. The van der Waals surface area contributed by atoms with Crippen molar-refractivity contribution in [2.24, 2.45) is 7.05 Å². The van der Waals surface area contributed by atoms with Gasteiger partial charge in [0.1, 0.15) is 0 Å². The fourth-order valence-corrected chi connectivity index (χ4v) is 2.52. The first-order valence-corrected chi connectivity index (χ1v) is 6.53. The summed E-state index contributed by atoms with van der Waals surface area (Å²) >= 11 is 0. The molecule has 1 aromatic heterocycles. The minimum Gasteiger partial charge on any atom is -0.388 e. The molecule has 1 N–H and O–H groups in total. The standard InChI is InChI=1S/C17H18N2/c1-12-9-15-10-14(7-8-17(15)19(12)3)13-5-4-6-16(11-13)18-2/h4-11,18H,1-3H3. The van der Waals surface area contributed by atoms with Crippen LogP contribution in [0.2, 0.25) is 0 Å². The van der Waals surface area contributed by atoms with E-state index >= 15 is 0 Å². The third kappa shape index (κ3) is 1.99. The van der Waals surface area contributed by atoms with Gasteiger partial charge in [-0.2, -0.15) is 0 Å². The second-order valence-electron chi connectivity index (χ2n) is 4.95. The molecule has 3 rings (SSSR count). The molecule has 0 fully saturated rings. The second-order valence-corrected chi connectivity index (χ2v) is 4.95. The predicted molar refractivity (Wildman–Crippen MR) is 82.6 cm³/mol. The van der Waals surface area contributed by atoms with Crippen LogP contribution in [-0.4, -0.2) is 11.6 Å².